The van der Waals surface area contributed by atoms with E-state index in [0.29, 0.717) is 22.9 Å². The van der Waals surface area contributed by atoms with Gasteiger partial charge in [-0.05, 0) is 43.9 Å². The molecule has 1 saturated carbocycles. The van der Waals surface area contributed by atoms with E-state index in [4.69, 9.17) is 0 Å². The van der Waals surface area contributed by atoms with Crippen LogP contribution in [0.1, 0.15) is 56.9 Å². The van der Waals surface area contributed by atoms with Gasteiger partial charge in [-0.25, -0.2) is 4.68 Å². The minimum absolute atomic E-state index is 0.234. The Bertz CT molecular complexity index is 897. The van der Waals surface area contributed by atoms with Crippen molar-refractivity contribution in [3.8, 4) is 0 Å². The fraction of sp³-hybridized carbons (Fsp3) is 0.333. The molecule has 1 N–H and O–H groups in total. The lowest BCUT2D eigenvalue weighted by atomic mass is 10.1. The summed E-state index contributed by atoms with van der Waals surface area (Å²) in [6.45, 7) is 2.09. The van der Waals surface area contributed by atoms with Gasteiger partial charge in [0.1, 0.15) is 5.82 Å². The van der Waals surface area contributed by atoms with Crippen molar-refractivity contribution in [2.24, 2.45) is 5.92 Å². The average Bonchev–Trinajstić information content (AvgIpc) is 3.33. The zero-order valence-corrected chi connectivity index (χ0v) is 14.0. The second kappa shape index (κ2) is 5.54. The number of nitrogens with zero attached hydrogens (tertiary/aromatic N) is 3. The Morgan fingerprint density at radius 3 is 2.64 bits per heavy atom. The van der Waals surface area contributed by atoms with Crippen molar-refractivity contribution in [1.29, 1.82) is 0 Å². The quantitative estimate of drug-likeness (QED) is 0.867. The molecule has 1 aromatic heterocycles. The zero-order chi connectivity index (χ0) is 17.7. The van der Waals surface area contributed by atoms with Crippen LogP contribution in [-0.2, 0) is 0 Å². The molecule has 2 aliphatic rings. The largest absolute Gasteiger partial charge is 0.307 e. The molecule has 25 heavy (non-hydrogen) atoms. The van der Waals surface area contributed by atoms with Crippen LogP contribution in [0.5, 0.6) is 0 Å². The highest BCUT2D eigenvalue weighted by molar-refractivity contribution is 6.22. The first-order chi connectivity index (χ1) is 12.0. The van der Waals surface area contributed by atoms with E-state index in [-0.39, 0.29) is 29.3 Å². The highest BCUT2D eigenvalue weighted by Crippen LogP contribution is 2.40. The number of fused-ring (bicyclic) bond motifs is 1. The first-order valence-electron chi connectivity index (χ1n) is 8.28. The van der Waals surface area contributed by atoms with Crippen LogP contribution in [0, 0.1) is 5.92 Å². The normalized spacial score (nSPS) is 17.6. The molecule has 2 heterocycles. The molecule has 3 amide bonds. The summed E-state index contributed by atoms with van der Waals surface area (Å²) in [5.74, 6) is 0.173. The number of nitrogens with one attached hydrogen (secondary N) is 1. The minimum atomic E-state index is -0.387. The molecule has 0 saturated heterocycles. The van der Waals surface area contributed by atoms with Crippen LogP contribution < -0.4 is 5.32 Å². The molecule has 7 nitrogen and oxygen atoms in total. The van der Waals surface area contributed by atoms with E-state index in [2.05, 4.69) is 17.3 Å². The molecule has 128 valence electrons. The van der Waals surface area contributed by atoms with Crippen LogP contribution in [0.3, 0.4) is 0 Å². The van der Waals surface area contributed by atoms with E-state index < -0.39 is 0 Å². The molecule has 1 aliphatic carbocycles. The second-order valence-electron chi connectivity index (χ2n) is 6.62. The predicted octanol–water partition coefficient (Wildman–Crippen LogP) is 2.33. The third-order valence-electron chi connectivity index (χ3n) is 4.95. The molecule has 1 fully saturated rings. The lowest BCUT2D eigenvalue weighted by molar-refractivity contribution is 0.0693. The maximum atomic E-state index is 12.6. The van der Waals surface area contributed by atoms with Crippen molar-refractivity contribution in [3.63, 3.8) is 0 Å². The van der Waals surface area contributed by atoms with E-state index in [1.807, 2.05) is 4.68 Å². The summed E-state index contributed by atoms with van der Waals surface area (Å²) in [6.07, 6.45) is 4.03. The Labute approximate surface area is 144 Å². The van der Waals surface area contributed by atoms with E-state index in [9.17, 15) is 14.4 Å². The molecule has 4 rings (SSSR count). The van der Waals surface area contributed by atoms with E-state index in [0.717, 1.165) is 4.90 Å². The summed E-state index contributed by atoms with van der Waals surface area (Å²) in [4.78, 5) is 37.6. The highest BCUT2D eigenvalue weighted by Gasteiger charge is 2.33. The Morgan fingerprint density at radius 2 is 1.92 bits per heavy atom. The summed E-state index contributed by atoms with van der Waals surface area (Å²) >= 11 is 0. The summed E-state index contributed by atoms with van der Waals surface area (Å²) < 4.78 is 1.82. The number of hydrogen-bond acceptors (Lipinski definition) is 4. The third kappa shape index (κ3) is 2.52. The number of imide groups is 1. The zero-order valence-electron chi connectivity index (χ0n) is 14.0. The lowest BCUT2D eigenvalue weighted by Gasteiger charge is -2.15. The summed E-state index contributed by atoms with van der Waals surface area (Å²) in [5.41, 5.74) is 0.929. The number of benzene rings is 1. The van der Waals surface area contributed by atoms with Crippen LogP contribution in [0.15, 0.2) is 30.5 Å². The number of carbonyl (C=O) groups excluding carboxylic acids is 3. The minimum Gasteiger partial charge on any atom is -0.307 e. The van der Waals surface area contributed by atoms with E-state index in [1.165, 1.54) is 32.0 Å². The monoisotopic (exact) mass is 338 g/mol. The van der Waals surface area contributed by atoms with Crippen molar-refractivity contribution < 1.29 is 14.4 Å². The second-order valence-corrected chi connectivity index (χ2v) is 6.62. The number of carbonyl (C=O) groups is 3. The molecular weight excluding hydrogens is 320 g/mol. The molecule has 7 heteroatoms. The van der Waals surface area contributed by atoms with Gasteiger partial charge in [-0.1, -0.05) is 0 Å². The number of amides is 3. The van der Waals surface area contributed by atoms with E-state index >= 15 is 0 Å². The number of hydrogen-bond donors (Lipinski definition) is 1. The summed E-state index contributed by atoms with van der Waals surface area (Å²) in [7, 11) is 1.43. The van der Waals surface area contributed by atoms with Crippen LogP contribution in [0.25, 0.3) is 0 Å². The van der Waals surface area contributed by atoms with Gasteiger partial charge >= 0.3 is 0 Å². The van der Waals surface area contributed by atoms with Crippen LogP contribution >= 0.6 is 0 Å². The van der Waals surface area contributed by atoms with E-state index in [1.54, 1.807) is 18.3 Å². The van der Waals surface area contributed by atoms with Crippen LogP contribution in [-0.4, -0.2) is 39.4 Å². The third-order valence-corrected chi connectivity index (χ3v) is 4.95. The van der Waals surface area contributed by atoms with Gasteiger partial charge < -0.3 is 5.32 Å². The lowest BCUT2D eigenvalue weighted by Crippen LogP contribution is -2.24. The van der Waals surface area contributed by atoms with Gasteiger partial charge in [0.15, 0.2) is 0 Å². The fourth-order valence-corrected chi connectivity index (χ4v) is 3.21. The first-order valence-corrected chi connectivity index (χ1v) is 8.28. The molecule has 0 spiro atoms. The fourth-order valence-electron chi connectivity index (χ4n) is 3.21. The predicted molar refractivity (Wildman–Crippen MR) is 90.5 cm³/mol. The Kier molecular flexibility index (Phi) is 3.45. The molecule has 1 aromatic carbocycles. The van der Waals surface area contributed by atoms with Gasteiger partial charge in [0.2, 0.25) is 0 Å². The van der Waals surface area contributed by atoms with Crippen molar-refractivity contribution in [2.75, 3.05) is 12.4 Å². The topological polar surface area (TPSA) is 84.3 Å². The van der Waals surface area contributed by atoms with Gasteiger partial charge in [-0.2, -0.15) is 5.10 Å². The van der Waals surface area contributed by atoms with Gasteiger partial charge in [-0.15, -0.1) is 0 Å². The van der Waals surface area contributed by atoms with Gasteiger partial charge in [0.05, 0.1) is 23.4 Å². The molecule has 0 radical (unpaired) electrons. The maximum Gasteiger partial charge on any atom is 0.261 e. The van der Waals surface area contributed by atoms with Crippen molar-refractivity contribution in [1.82, 2.24) is 14.7 Å². The van der Waals surface area contributed by atoms with Crippen molar-refractivity contribution in [3.05, 3.63) is 47.2 Å². The smallest absolute Gasteiger partial charge is 0.261 e. The number of rotatable bonds is 4. The summed E-state index contributed by atoms with van der Waals surface area (Å²) in [6, 6.07) is 6.55. The average molecular weight is 338 g/mol. The number of aromatic nitrogens is 2. The molecule has 1 atom stereocenters. The van der Waals surface area contributed by atoms with Gasteiger partial charge in [0, 0.05) is 18.7 Å². The standard InChI is InChI=1S/C18H18N4O3/c1-10(11-3-4-11)22-15(7-8-19-22)20-16(23)12-5-6-13-14(9-12)18(25)21(2)17(13)24/h5-11H,3-4H2,1-2H3,(H,20,23). The molecule has 1 aliphatic heterocycles. The molecule has 1 unspecified atom stereocenters. The maximum absolute atomic E-state index is 12.6. The van der Waals surface area contributed by atoms with Crippen LogP contribution in [0.4, 0.5) is 5.82 Å². The SMILES string of the molecule is CC(C1CC1)n1nccc1NC(=O)c1ccc2c(c1)C(=O)N(C)C2=O. The first kappa shape index (κ1) is 15.6. The molecule has 2 aromatic rings. The molecule has 0 bridgehead atoms. The molecular formula is C18H18N4O3. The Morgan fingerprint density at radius 1 is 1.20 bits per heavy atom. The Hall–Kier alpha value is -2.96. The van der Waals surface area contributed by atoms with Crippen LogP contribution in [0.2, 0.25) is 0 Å². The van der Waals surface area contributed by atoms with Crippen molar-refractivity contribution >= 4 is 23.5 Å². The Balaban J connectivity index is 1.58. The van der Waals surface area contributed by atoms with Gasteiger partial charge in [-0.3, -0.25) is 19.3 Å². The summed E-state index contributed by atoms with van der Waals surface area (Å²) in [5, 5.41) is 7.16. The van der Waals surface area contributed by atoms with Gasteiger partial charge in [0.25, 0.3) is 17.7 Å². The van der Waals surface area contributed by atoms with Crippen molar-refractivity contribution in [2.45, 2.75) is 25.8 Å². The number of anilines is 1. The highest BCUT2D eigenvalue weighted by atomic mass is 16.2.